The van der Waals surface area contributed by atoms with Crippen LogP contribution in [-0.4, -0.2) is 75.8 Å². The number of hydrogen-bond donors (Lipinski definition) is 2. The van der Waals surface area contributed by atoms with E-state index >= 15 is 0 Å². The zero-order chi connectivity index (χ0) is 33.9. The summed E-state index contributed by atoms with van der Waals surface area (Å²) in [6.07, 6.45) is 0.347. The Morgan fingerprint density at radius 2 is 1.81 bits per heavy atom. The number of ether oxygens (including phenoxy) is 5. The topological polar surface area (TPSA) is 180 Å². The van der Waals surface area contributed by atoms with Gasteiger partial charge in [0.2, 0.25) is 17.6 Å². The fourth-order valence-electron chi connectivity index (χ4n) is 5.68. The van der Waals surface area contributed by atoms with Gasteiger partial charge in [-0.25, -0.2) is 9.55 Å². The molecule has 2 fully saturated rings. The van der Waals surface area contributed by atoms with Crippen LogP contribution in [0.1, 0.15) is 33.3 Å². The van der Waals surface area contributed by atoms with Gasteiger partial charge in [-0.05, 0) is 45.4 Å². The fraction of sp³-hybridized carbons (Fsp3) is 0.438. The Balaban J connectivity index is 1.33. The quantitative estimate of drug-likeness (QED) is 0.136. The number of esters is 1. The van der Waals surface area contributed by atoms with Crippen molar-refractivity contribution in [3.63, 3.8) is 0 Å². The van der Waals surface area contributed by atoms with Crippen LogP contribution in [-0.2, 0) is 45.2 Å². The van der Waals surface area contributed by atoms with Crippen LogP contribution in [0.5, 0.6) is 11.6 Å². The van der Waals surface area contributed by atoms with E-state index in [-0.39, 0.29) is 50.1 Å². The fourth-order valence-corrected chi connectivity index (χ4v) is 7.23. The van der Waals surface area contributed by atoms with E-state index in [0.29, 0.717) is 17.8 Å². The van der Waals surface area contributed by atoms with Gasteiger partial charge in [0.05, 0.1) is 45.5 Å². The minimum absolute atomic E-state index is 0.00351. The molecule has 0 aliphatic carbocycles. The van der Waals surface area contributed by atoms with E-state index in [1.54, 1.807) is 55.1 Å². The molecule has 5 atom stereocenters. The van der Waals surface area contributed by atoms with Crippen LogP contribution in [0.3, 0.4) is 0 Å². The zero-order valence-corrected chi connectivity index (χ0v) is 28.0. The van der Waals surface area contributed by atoms with Crippen molar-refractivity contribution in [3.05, 3.63) is 72.6 Å². The molecule has 2 aromatic heterocycles. The maximum absolute atomic E-state index is 14.4. The van der Waals surface area contributed by atoms with Gasteiger partial charge in [0.1, 0.15) is 23.5 Å². The second-order valence-corrected chi connectivity index (χ2v) is 13.5. The lowest BCUT2D eigenvalue weighted by atomic mass is 9.96. The van der Waals surface area contributed by atoms with Crippen molar-refractivity contribution in [3.8, 4) is 11.6 Å². The molecule has 0 spiro atoms. The number of carbonyl (C=O) groups is 1. The minimum Gasteiger partial charge on any atom is -0.476 e. The number of para-hydroxylation sites is 1. The van der Waals surface area contributed by atoms with Gasteiger partial charge in [-0.15, -0.1) is 0 Å². The molecule has 15 nitrogen and oxygen atoms in total. The average Bonchev–Trinajstić information content (AvgIpc) is 3.72. The second kappa shape index (κ2) is 13.8. The van der Waals surface area contributed by atoms with E-state index in [9.17, 15) is 9.36 Å². The molecular weight excluding hydrogens is 643 g/mol. The van der Waals surface area contributed by atoms with E-state index in [2.05, 4.69) is 20.0 Å². The average molecular weight is 683 g/mol. The number of carbonyl (C=O) groups excluding carboxylic acids is 1. The number of fused-ring (bicyclic) bond motifs is 3. The minimum atomic E-state index is -4.24. The first-order valence-electron chi connectivity index (χ1n) is 15.6. The zero-order valence-electron chi connectivity index (χ0n) is 27.1. The summed E-state index contributed by atoms with van der Waals surface area (Å²) in [6.45, 7) is 7.03. The van der Waals surface area contributed by atoms with Crippen LogP contribution in [0.25, 0.3) is 11.2 Å². The first-order valence-corrected chi connectivity index (χ1v) is 17.2. The Labute approximate surface area is 277 Å². The second-order valence-electron chi connectivity index (χ2n) is 11.8. The highest BCUT2D eigenvalue weighted by atomic mass is 31.2. The Kier molecular flexibility index (Phi) is 9.70. The van der Waals surface area contributed by atoms with Gasteiger partial charge in [-0.3, -0.25) is 13.9 Å². The van der Waals surface area contributed by atoms with E-state index in [1.165, 1.54) is 6.92 Å². The highest BCUT2D eigenvalue weighted by Crippen LogP contribution is 2.53. The van der Waals surface area contributed by atoms with E-state index in [1.807, 2.05) is 37.3 Å². The molecule has 1 unspecified atom stereocenters. The molecule has 4 heterocycles. The molecule has 3 N–H and O–H groups in total. The SMILES string of the molecule is CCOc1nc(N)nc2c1ncn2[C@@]12CO[C@@](COP(=O)(N[C@H](C)C(=O)OC(C)C)Oc3ccccc3)(CO1)[C@H]2OCc1ccccc1. The summed E-state index contributed by atoms with van der Waals surface area (Å²) in [7, 11) is -4.24. The predicted molar refractivity (Wildman–Crippen MR) is 173 cm³/mol. The number of nitrogens with one attached hydrogen (secondary N) is 1. The van der Waals surface area contributed by atoms with E-state index in [4.69, 9.17) is 38.5 Å². The van der Waals surface area contributed by atoms with Crippen LogP contribution in [0.2, 0.25) is 0 Å². The van der Waals surface area contributed by atoms with Gasteiger partial charge in [0.25, 0.3) is 0 Å². The molecule has 2 aromatic carbocycles. The molecule has 4 aromatic rings. The summed E-state index contributed by atoms with van der Waals surface area (Å²) < 4.78 is 58.6. The highest BCUT2D eigenvalue weighted by Gasteiger charge is 2.69. The van der Waals surface area contributed by atoms with Crippen molar-refractivity contribution in [2.24, 2.45) is 0 Å². The molecule has 16 heteroatoms. The summed E-state index contributed by atoms with van der Waals surface area (Å²) in [4.78, 5) is 25.9. The van der Waals surface area contributed by atoms with Gasteiger partial charge in [-0.2, -0.15) is 15.1 Å². The number of benzene rings is 2. The Morgan fingerprint density at radius 3 is 2.48 bits per heavy atom. The summed E-state index contributed by atoms with van der Waals surface area (Å²) in [5, 5.41) is 2.72. The third kappa shape index (κ3) is 6.75. The molecule has 0 saturated carbocycles. The van der Waals surface area contributed by atoms with E-state index < -0.39 is 37.2 Å². The molecule has 6 rings (SSSR count). The Hall–Kier alpha value is -4.11. The van der Waals surface area contributed by atoms with Gasteiger partial charge < -0.3 is 33.9 Å². The summed E-state index contributed by atoms with van der Waals surface area (Å²) in [6, 6.07) is 17.1. The molecule has 2 aliphatic rings. The number of anilines is 1. The first kappa shape index (κ1) is 33.8. The van der Waals surface area contributed by atoms with Crippen LogP contribution in [0.4, 0.5) is 5.95 Å². The summed E-state index contributed by atoms with van der Waals surface area (Å²) in [5.74, 6) is -0.123. The number of nitrogens with zero attached hydrogens (tertiary/aromatic N) is 4. The molecule has 48 heavy (non-hydrogen) atoms. The molecule has 0 radical (unpaired) electrons. The van der Waals surface area contributed by atoms with Crippen LogP contribution in [0, 0.1) is 0 Å². The molecule has 0 amide bonds. The van der Waals surface area contributed by atoms with Gasteiger partial charge >= 0.3 is 13.7 Å². The smallest absolute Gasteiger partial charge is 0.459 e. The van der Waals surface area contributed by atoms with Gasteiger partial charge in [0.15, 0.2) is 11.2 Å². The maximum Gasteiger partial charge on any atom is 0.459 e. The molecule has 2 bridgehead atoms. The number of nitrogens with two attached hydrogens (primary N) is 1. The summed E-state index contributed by atoms with van der Waals surface area (Å²) >= 11 is 0. The lowest BCUT2D eigenvalue weighted by Crippen LogP contribution is -2.49. The molecular formula is C32H39N6O9P. The number of hydrogen-bond acceptors (Lipinski definition) is 13. The number of imidazole rings is 1. The third-order valence-electron chi connectivity index (χ3n) is 7.85. The van der Waals surface area contributed by atoms with Crippen LogP contribution < -0.4 is 20.1 Å². The monoisotopic (exact) mass is 682 g/mol. The van der Waals surface area contributed by atoms with Crippen molar-refractivity contribution in [1.82, 2.24) is 24.6 Å². The van der Waals surface area contributed by atoms with Crippen molar-refractivity contribution in [2.45, 2.75) is 63.9 Å². The normalized spacial score (nSPS) is 23.6. The van der Waals surface area contributed by atoms with Gasteiger partial charge in [-0.1, -0.05) is 48.5 Å². The third-order valence-corrected chi connectivity index (χ3v) is 9.48. The molecule has 2 saturated heterocycles. The standard InChI is InChI=1S/C32H39N6O9P/c1-5-41-27-25-26(35-30(33)36-27)38(20-34-25)32-19-43-31(17-44-32,29(32)42-16-23-12-8-6-9-13-23)18-45-48(40,47-24-14-10-7-11-15-24)37-22(4)28(39)46-21(2)3/h6-15,20-22,29H,5,16-19H2,1-4H3,(H,37,40)(H2,33,35,36)/t22-,29-,31-,32+,48?/m1/s1. The molecule has 256 valence electrons. The van der Waals surface area contributed by atoms with Crippen molar-refractivity contribution in [2.75, 3.05) is 32.2 Å². The van der Waals surface area contributed by atoms with Crippen molar-refractivity contribution < 1.29 is 42.1 Å². The van der Waals surface area contributed by atoms with E-state index in [0.717, 1.165) is 5.56 Å². The van der Waals surface area contributed by atoms with Crippen molar-refractivity contribution in [1.29, 1.82) is 0 Å². The van der Waals surface area contributed by atoms with Crippen molar-refractivity contribution >= 4 is 30.8 Å². The van der Waals surface area contributed by atoms with Crippen LogP contribution >= 0.6 is 7.75 Å². The van der Waals surface area contributed by atoms with Crippen LogP contribution in [0.15, 0.2) is 67.0 Å². The summed E-state index contributed by atoms with van der Waals surface area (Å²) in [5.41, 5.74) is 5.18. The number of rotatable bonds is 15. The highest BCUT2D eigenvalue weighted by molar-refractivity contribution is 7.52. The predicted octanol–water partition coefficient (Wildman–Crippen LogP) is 3.98. The number of aromatic nitrogens is 4. The Morgan fingerprint density at radius 1 is 1.08 bits per heavy atom. The maximum atomic E-state index is 14.4. The molecule has 2 aliphatic heterocycles. The lowest BCUT2D eigenvalue weighted by Gasteiger charge is -2.32. The Bertz CT molecular complexity index is 1770. The number of nitrogen functional groups attached to an aromatic ring is 1. The largest absolute Gasteiger partial charge is 0.476 e. The van der Waals surface area contributed by atoms with Gasteiger partial charge in [0, 0.05) is 0 Å². The first-order chi connectivity index (χ1) is 23.1. The lowest BCUT2D eigenvalue weighted by molar-refractivity contribution is -0.171.